The predicted octanol–water partition coefficient (Wildman–Crippen LogP) is 8.21. The molecule has 0 aromatic heterocycles. The van der Waals surface area contributed by atoms with Gasteiger partial charge in [0.2, 0.25) is 0 Å². The SMILES string of the molecule is C=CC(=O)OCCCCOc1ccc(C(=O)Oc2ccc(C(=O)Oc3ccc(C#N)cc3OC(=O)c3ccc(OC(=O)c4ccc(OCCCCOC(=O)C=C)cc4)cc3)cc2)cc1. The van der Waals surface area contributed by atoms with Gasteiger partial charge >= 0.3 is 35.8 Å². The van der Waals surface area contributed by atoms with Gasteiger partial charge in [0.05, 0.1) is 60.3 Å². The molecule has 0 heterocycles. The van der Waals surface area contributed by atoms with Crippen LogP contribution in [0.4, 0.5) is 0 Å². The maximum absolute atomic E-state index is 13.2. The molecular formula is C49H41NO14. The maximum atomic E-state index is 13.2. The number of hydrogen-bond acceptors (Lipinski definition) is 15. The molecule has 5 rings (SSSR count). The van der Waals surface area contributed by atoms with Crippen LogP contribution in [0.5, 0.6) is 34.5 Å². The molecule has 0 saturated heterocycles. The van der Waals surface area contributed by atoms with Crippen LogP contribution in [0.2, 0.25) is 0 Å². The van der Waals surface area contributed by atoms with Crippen LogP contribution in [-0.2, 0) is 19.1 Å². The number of ether oxygens (including phenoxy) is 8. The Bertz CT molecular complexity index is 2490. The smallest absolute Gasteiger partial charge is 0.343 e. The van der Waals surface area contributed by atoms with Gasteiger partial charge in [-0.05, 0) is 135 Å². The molecule has 0 aliphatic heterocycles. The Morgan fingerprint density at radius 3 is 1.16 bits per heavy atom. The van der Waals surface area contributed by atoms with E-state index in [0.29, 0.717) is 50.4 Å². The number of nitrogens with zero attached hydrogens (tertiary/aromatic N) is 1. The van der Waals surface area contributed by atoms with Crippen LogP contribution in [0.25, 0.3) is 0 Å². The number of benzene rings is 5. The summed E-state index contributed by atoms with van der Waals surface area (Å²) in [7, 11) is 0. The number of hydrogen-bond donors (Lipinski definition) is 0. The van der Waals surface area contributed by atoms with Gasteiger partial charge in [0.1, 0.15) is 23.0 Å². The molecule has 0 aliphatic carbocycles. The number of unbranched alkanes of at least 4 members (excludes halogenated alkanes) is 2. The fourth-order valence-electron chi connectivity index (χ4n) is 5.34. The largest absolute Gasteiger partial charge is 0.494 e. The molecule has 0 spiro atoms. The Kier molecular flexibility index (Phi) is 17.5. The van der Waals surface area contributed by atoms with Gasteiger partial charge in [-0.15, -0.1) is 0 Å². The maximum Gasteiger partial charge on any atom is 0.343 e. The highest BCUT2D eigenvalue weighted by atomic mass is 16.6. The molecule has 0 saturated carbocycles. The second-order valence-electron chi connectivity index (χ2n) is 13.3. The fraction of sp³-hybridized carbons (Fsp3) is 0.163. The van der Waals surface area contributed by atoms with Gasteiger partial charge in [-0.2, -0.15) is 5.26 Å². The minimum Gasteiger partial charge on any atom is -0.494 e. The fourth-order valence-corrected chi connectivity index (χ4v) is 5.34. The summed E-state index contributed by atoms with van der Waals surface area (Å²) in [6, 6.07) is 29.7. The highest BCUT2D eigenvalue weighted by Crippen LogP contribution is 2.31. The topological polar surface area (TPSA) is 200 Å². The number of rotatable bonds is 22. The number of carbonyl (C=O) groups excluding carboxylic acids is 6. The molecule has 0 radical (unpaired) electrons. The summed E-state index contributed by atoms with van der Waals surface area (Å²) in [4.78, 5) is 74.0. The zero-order valence-electron chi connectivity index (χ0n) is 34.4. The van der Waals surface area contributed by atoms with Crippen molar-refractivity contribution in [3.8, 4) is 40.6 Å². The van der Waals surface area contributed by atoms with Gasteiger partial charge < -0.3 is 37.9 Å². The summed E-state index contributed by atoms with van der Waals surface area (Å²) in [5, 5.41) is 9.48. The lowest BCUT2D eigenvalue weighted by atomic mass is 10.2. The van der Waals surface area contributed by atoms with Crippen molar-refractivity contribution in [1.29, 1.82) is 5.26 Å². The molecule has 0 unspecified atom stereocenters. The minimum atomic E-state index is -0.854. The highest BCUT2D eigenvalue weighted by Gasteiger charge is 2.19. The molecule has 64 heavy (non-hydrogen) atoms. The molecular weight excluding hydrogens is 827 g/mol. The minimum absolute atomic E-state index is 0.0617. The van der Waals surface area contributed by atoms with E-state index in [2.05, 4.69) is 13.2 Å². The van der Waals surface area contributed by atoms with E-state index in [-0.39, 0.29) is 64.0 Å². The lowest BCUT2D eigenvalue weighted by Crippen LogP contribution is -2.13. The molecule has 0 aliphatic rings. The summed E-state index contributed by atoms with van der Waals surface area (Å²) in [5.41, 5.74) is 0.783. The summed E-state index contributed by atoms with van der Waals surface area (Å²) in [6.07, 6.45) is 4.74. The Morgan fingerprint density at radius 1 is 0.438 bits per heavy atom. The van der Waals surface area contributed by atoms with Gasteiger partial charge in [0.25, 0.3) is 0 Å². The second-order valence-corrected chi connectivity index (χ2v) is 13.3. The first-order chi connectivity index (χ1) is 31.0. The van der Waals surface area contributed by atoms with Crippen molar-refractivity contribution in [3.05, 3.63) is 168 Å². The van der Waals surface area contributed by atoms with Gasteiger partial charge in [0, 0.05) is 18.2 Å². The van der Waals surface area contributed by atoms with Crippen molar-refractivity contribution in [1.82, 2.24) is 0 Å². The molecule has 0 N–H and O–H groups in total. The van der Waals surface area contributed by atoms with Crippen LogP contribution in [0.3, 0.4) is 0 Å². The standard InChI is InChI=1S/C49H41NO14/c1-3-44(51)59-29-7-5-27-57-38-18-10-34(11-19-38)46(53)61-40-22-14-36(15-23-40)48(55)63-42-26-9-33(32-50)31-43(42)64-49(56)37-16-24-41(25-17-37)62-47(54)35-12-20-39(21-13-35)58-28-6-8-30-60-45(52)4-2/h3-4,9-26,31H,1-2,5-8,27-30H2. The predicted molar refractivity (Wildman–Crippen MR) is 229 cm³/mol. The molecule has 326 valence electrons. The lowest BCUT2D eigenvalue weighted by Gasteiger charge is -2.12. The molecule has 15 heteroatoms. The Labute approximate surface area is 367 Å². The summed E-state index contributed by atoms with van der Waals surface area (Å²) < 4.78 is 43.1. The Morgan fingerprint density at radius 2 is 0.781 bits per heavy atom. The van der Waals surface area contributed by atoms with E-state index in [1.54, 1.807) is 48.5 Å². The van der Waals surface area contributed by atoms with Crippen molar-refractivity contribution < 1.29 is 66.7 Å². The monoisotopic (exact) mass is 867 g/mol. The second kappa shape index (κ2) is 24.1. The third kappa shape index (κ3) is 14.6. The van der Waals surface area contributed by atoms with E-state index in [1.165, 1.54) is 66.7 Å². The molecule has 0 fully saturated rings. The van der Waals surface area contributed by atoms with Gasteiger partial charge in [0.15, 0.2) is 11.5 Å². The van der Waals surface area contributed by atoms with Crippen LogP contribution >= 0.6 is 0 Å². The third-order valence-corrected chi connectivity index (χ3v) is 8.70. The van der Waals surface area contributed by atoms with Crippen LogP contribution in [-0.4, -0.2) is 62.2 Å². The first kappa shape index (κ1) is 46.6. The van der Waals surface area contributed by atoms with E-state index < -0.39 is 35.8 Å². The number of esters is 6. The van der Waals surface area contributed by atoms with Crippen molar-refractivity contribution in [2.45, 2.75) is 25.7 Å². The van der Waals surface area contributed by atoms with Gasteiger partial charge in [-0.25, -0.2) is 28.8 Å². The molecule has 0 amide bonds. The molecule has 0 atom stereocenters. The van der Waals surface area contributed by atoms with Crippen LogP contribution < -0.4 is 28.4 Å². The zero-order valence-corrected chi connectivity index (χ0v) is 34.4. The van der Waals surface area contributed by atoms with Crippen LogP contribution in [0.15, 0.2) is 141 Å². The first-order valence-corrected chi connectivity index (χ1v) is 19.7. The van der Waals surface area contributed by atoms with E-state index in [1.807, 2.05) is 6.07 Å². The van der Waals surface area contributed by atoms with E-state index in [0.717, 1.165) is 12.2 Å². The van der Waals surface area contributed by atoms with Crippen LogP contribution in [0.1, 0.15) is 72.7 Å². The van der Waals surface area contributed by atoms with Crippen LogP contribution in [0, 0.1) is 11.3 Å². The third-order valence-electron chi connectivity index (χ3n) is 8.70. The van der Waals surface area contributed by atoms with Crippen molar-refractivity contribution in [2.24, 2.45) is 0 Å². The Hall–Kier alpha value is -8.51. The first-order valence-electron chi connectivity index (χ1n) is 19.7. The zero-order chi connectivity index (χ0) is 45.7. The average molecular weight is 868 g/mol. The van der Waals surface area contributed by atoms with E-state index >= 15 is 0 Å². The van der Waals surface area contributed by atoms with E-state index in [4.69, 9.17) is 37.9 Å². The van der Waals surface area contributed by atoms with Crippen molar-refractivity contribution >= 4 is 35.8 Å². The van der Waals surface area contributed by atoms with Gasteiger partial charge in [-0.3, -0.25) is 0 Å². The van der Waals surface area contributed by atoms with E-state index in [9.17, 15) is 34.0 Å². The average Bonchev–Trinajstić information content (AvgIpc) is 3.32. The summed E-state index contributed by atoms with van der Waals surface area (Å²) in [5.74, 6) is -2.90. The summed E-state index contributed by atoms with van der Waals surface area (Å²) >= 11 is 0. The number of carbonyl (C=O) groups is 6. The molecule has 0 bridgehead atoms. The quantitative estimate of drug-likeness (QED) is 0.0279. The van der Waals surface area contributed by atoms with Crippen molar-refractivity contribution in [3.63, 3.8) is 0 Å². The molecule has 15 nitrogen and oxygen atoms in total. The highest BCUT2D eigenvalue weighted by molar-refractivity contribution is 5.95. The summed E-state index contributed by atoms with van der Waals surface area (Å²) in [6.45, 7) is 7.97. The Balaban J connectivity index is 1.09. The van der Waals surface area contributed by atoms with Crippen molar-refractivity contribution in [2.75, 3.05) is 26.4 Å². The number of nitriles is 1. The van der Waals surface area contributed by atoms with Gasteiger partial charge in [-0.1, -0.05) is 13.2 Å². The molecule has 5 aromatic rings. The normalized spacial score (nSPS) is 10.2. The molecule has 5 aromatic carbocycles. The lowest BCUT2D eigenvalue weighted by molar-refractivity contribution is -0.138.